The number of pyridine rings is 1. The van der Waals surface area contributed by atoms with E-state index >= 15 is 0 Å². The summed E-state index contributed by atoms with van der Waals surface area (Å²) in [4.78, 5) is 4.36. The minimum absolute atomic E-state index is 0.976. The molecular formula is C18H15N. The number of nitrogens with zero attached hydrogens (tertiary/aromatic N) is 1. The van der Waals surface area contributed by atoms with Crippen LogP contribution in [0.15, 0.2) is 79.0 Å². The summed E-state index contributed by atoms with van der Waals surface area (Å²) in [5.74, 6) is 0. The topological polar surface area (TPSA) is 12.9 Å². The fourth-order valence-corrected chi connectivity index (χ4v) is 2.16. The third kappa shape index (κ3) is 2.89. The zero-order valence-corrected chi connectivity index (χ0v) is 10.7. The molecule has 0 aliphatic heterocycles. The van der Waals surface area contributed by atoms with Crippen molar-refractivity contribution >= 4 is 0 Å². The number of hydrogen-bond donors (Lipinski definition) is 0. The van der Waals surface area contributed by atoms with Gasteiger partial charge in [0.15, 0.2) is 0 Å². The highest BCUT2D eigenvalue weighted by atomic mass is 14.7. The van der Waals surface area contributed by atoms with Gasteiger partial charge in [-0.3, -0.25) is 4.98 Å². The largest absolute Gasteiger partial charge is 0.256 e. The average Bonchev–Trinajstić information content (AvgIpc) is 2.50. The Morgan fingerprint density at radius 3 is 2.00 bits per heavy atom. The summed E-state index contributed by atoms with van der Waals surface area (Å²) in [6.45, 7) is 0. The van der Waals surface area contributed by atoms with Gasteiger partial charge in [0.05, 0.1) is 5.69 Å². The van der Waals surface area contributed by atoms with Crippen LogP contribution in [-0.2, 0) is 6.42 Å². The number of aromatic nitrogens is 1. The van der Waals surface area contributed by atoms with Crippen LogP contribution in [0, 0.1) is 0 Å². The molecule has 0 spiro atoms. The molecule has 0 amide bonds. The van der Waals surface area contributed by atoms with E-state index in [4.69, 9.17) is 0 Å². The third-order valence-electron chi connectivity index (χ3n) is 3.17. The Hall–Kier alpha value is -2.41. The Morgan fingerprint density at radius 2 is 1.32 bits per heavy atom. The predicted molar refractivity (Wildman–Crippen MR) is 78.9 cm³/mol. The van der Waals surface area contributed by atoms with Crippen LogP contribution in [0.2, 0.25) is 0 Å². The molecule has 0 bridgehead atoms. The zero-order valence-electron chi connectivity index (χ0n) is 10.7. The van der Waals surface area contributed by atoms with Crippen LogP contribution in [0.1, 0.15) is 11.1 Å². The molecule has 3 aromatic rings. The normalized spacial score (nSPS) is 10.3. The second-order valence-corrected chi connectivity index (χ2v) is 4.57. The monoisotopic (exact) mass is 245 g/mol. The minimum atomic E-state index is 0.976. The Bertz CT molecular complexity index is 628. The van der Waals surface area contributed by atoms with Crippen LogP contribution >= 0.6 is 0 Å². The zero-order chi connectivity index (χ0) is 12.9. The molecule has 0 aliphatic rings. The molecule has 2 aromatic carbocycles. The highest BCUT2D eigenvalue weighted by Crippen LogP contribution is 2.18. The smallest absolute Gasteiger partial charge is 0.0701 e. The third-order valence-corrected chi connectivity index (χ3v) is 3.17. The molecule has 0 unspecified atom stereocenters. The maximum absolute atomic E-state index is 4.36. The van der Waals surface area contributed by atoms with Crippen LogP contribution < -0.4 is 0 Å². The maximum atomic E-state index is 4.36. The summed E-state index contributed by atoms with van der Waals surface area (Å²) < 4.78 is 0. The quantitative estimate of drug-likeness (QED) is 0.669. The molecule has 0 atom stereocenters. The van der Waals surface area contributed by atoms with Gasteiger partial charge in [-0.2, -0.15) is 0 Å². The Morgan fingerprint density at radius 1 is 0.632 bits per heavy atom. The highest BCUT2D eigenvalue weighted by Gasteiger charge is 1.99. The van der Waals surface area contributed by atoms with Gasteiger partial charge in [-0.1, -0.05) is 60.7 Å². The van der Waals surface area contributed by atoms with Crippen LogP contribution in [-0.4, -0.2) is 4.98 Å². The molecule has 1 heterocycles. The summed E-state index contributed by atoms with van der Waals surface area (Å²) in [6.07, 6.45) is 2.80. The van der Waals surface area contributed by atoms with Gasteiger partial charge in [-0.15, -0.1) is 0 Å². The lowest BCUT2D eigenvalue weighted by Crippen LogP contribution is -1.88. The molecule has 0 radical (unpaired) electrons. The molecule has 0 aliphatic carbocycles. The Balaban J connectivity index is 1.80. The Kier molecular flexibility index (Phi) is 3.37. The first-order chi connectivity index (χ1) is 9.42. The van der Waals surface area contributed by atoms with E-state index in [9.17, 15) is 0 Å². The van der Waals surface area contributed by atoms with Gasteiger partial charge in [0.25, 0.3) is 0 Å². The van der Waals surface area contributed by atoms with Gasteiger partial charge in [0.1, 0.15) is 0 Å². The van der Waals surface area contributed by atoms with Crippen LogP contribution in [0.4, 0.5) is 0 Å². The lowest BCUT2D eigenvalue weighted by atomic mass is 10.0. The van der Waals surface area contributed by atoms with E-state index in [1.165, 1.54) is 11.1 Å². The highest BCUT2D eigenvalue weighted by molar-refractivity contribution is 5.59. The molecule has 3 rings (SSSR count). The van der Waals surface area contributed by atoms with Crippen LogP contribution in [0.3, 0.4) is 0 Å². The first-order valence-electron chi connectivity index (χ1n) is 6.46. The fraction of sp³-hybridized carbons (Fsp3) is 0.0556. The van der Waals surface area contributed by atoms with Crippen molar-refractivity contribution in [3.05, 3.63) is 90.1 Å². The van der Waals surface area contributed by atoms with Crippen molar-refractivity contribution in [2.24, 2.45) is 0 Å². The summed E-state index contributed by atoms with van der Waals surface area (Å²) in [7, 11) is 0. The maximum Gasteiger partial charge on any atom is 0.0701 e. The summed E-state index contributed by atoms with van der Waals surface area (Å²) in [5.41, 5.74) is 4.85. The molecule has 19 heavy (non-hydrogen) atoms. The molecule has 1 nitrogen and oxygen atoms in total. The van der Waals surface area contributed by atoms with Crippen molar-refractivity contribution in [2.45, 2.75) is 6.42 Å². The SMILES string of the molecule is c1ccc(Cc2ccc(-c3ccccn3)cc2)cc1. The molecule has 0 saturated carbocycles. The average molecular weight is 245 g/mol. The molecule has 0 fully saturated rings. The van der Waals surface area contributed by atoms with E-state index in [0.717, 1.165) is 17.7 Å². The number of benzene rings is 2. The van der Waals surface area contributed by atoms with Gasteiger partial charge in [-0.25, -0.2) is 0 Å². The molecular weight excluding hydrogens is 230 g/mol. The van der Waals surface area contributed by atoms with Crippen molar-refractivity contribution in [3.8, 4) is 11.3 Å². The fourth-order valence-electron chi connectivity index (χ4n) is 2.16. The van der Waals surface area contributed by atoms with E-state index in [-0.39, 0.29) is 0 Å². The summed E-state index contributed by atoms with van der Waals surface area (Å²) in [5, 5.41) is 0. The van der Waals surface area contributed by atoms with Gasteiger partial charge in [0.2, 0.25) is 0 Å². The molecule has 92 valence electrons. The predicted octanol–water partition coefficient (Wildman–Crippen LogP) is 4.34. The van der Waals surface area contributed by atoms with Crippen molar-refractivity contribution in [1.29, 1.82) is 0 Å². The number of rotatable bonds is 3. The van der Waals surface area contributed by atoms with Crippen molar-refractivity contribution in [1.82, 2.24) is 4.98 Å². The van der Waals surface area contributed by atoms with Gasteiger partial charge >= 0.3 is 0 Å². The molecule has 0 N–H and O–H groups in total. The standard InChI is InChI=1S/C18H15N/c1-2-6-15(7-3-1)14-16-9-11-17(12-10-16)18-8-4-5-13-19-18/h1-13H,14H2. The lowest BCUT2D eigenvalue weighted by Gasteiger charge is -2.04. The van der Waals surface area contributed by atoms with Gasteiger partial charge in [-0.05, 0) is 29.7 Å². The molecule has 0 saturated heterocycles. The molecule has 1 aromatic heterocycles. The summed E-state index contributed by atoms with van der Waals surface area (Å²) in [6, 6.07) is 25.1. The van der Waals surface area contributed by atoms with Crippen LogP contribution in [0.5, 0.6) is 0 Å². The van der Waals surface area contributed by atoms with E-state index in [1.807, 2.05) is 30.5 Å². The van der Waals surface area contributed by atoms with E-state index < -0.39 is 0 Å². The lowest BCUT2D eigenvalue weighted by molar-refractivity contribution is 1.19. The van der Waals surface area contributed by atoms with E-state index in [0.29, 0.717) is 0 Å². The minimum Gasteiger partial charge on any atom is -0.256 e. The second-order valence-electron chi connectivity index (χ2n) is 4.57. The first-order valence-corrected chi connectivity index (χ1v) is 6.46. The van der Waals surface area contributed by atoms with Crippen molar-refractivity contribution in [3.63, 3.8) is 0 Å². The Labute approximate surface area is 113 Å². The van der Waals surface area contributed by atoms with Crippen LogP contribution in [0.25, 0.3) is 11.3 Å². The summed E-state index contributed by atoms with van der Waals surface area (Å²) >= 11 is 0. The van der Waals surface area contributed by atoms with Crippen molar-refractivity contribution < 1.29 is 0 Å². The second kappa shape index (κ2) is 5.49. The number of hydrogen-bond acceptors (Lipinski definition) is 1. The van der Waals surface area contributed by atoms with E-state index in [1.54, 1.807) is 0 Å². The van der Waals surface area contributed by atoms with E-state index in [2.05, 4.69) is 53.5 Å². The van der Waals surface area contributed by atoms with Crippen molar-refractivity contribution in [2.75, 3.05) is 0 Å². The first kappa shape index (κ1) is 11.7. The molecule has 1 heteroatoms. The van der Waals surface area contributed by atoms with Gasteiger partial charge in [0, 0.05) is 11.8 Å². The van der Waals surface area contributed by atoms with Gasteiger partial charge < -0.3 is 0 Å².